The van der Waals surface area contributed by atoms with Gasteiger partial charge in [0.2, 0.25) is 0 Å². The van der Waals surface area contributed by atoms with Crippen LogP contribution < -0.4 is 10.2 Å². The molecule has 0 spiro atoms. The SMILES string of the molecule is CCc1ccccc1C/C(C(=O)[O-])=C(\C)C(=O)[O-]. The van der Waals surface area contributed by atoms with Gasteiger partial charge in [-0.05, 0) is 42.0 Å². The molecule has 0 saturated heterocycles. The van der Waals surface area contributed by atoms with Crippen LogP contribution in [0, 0.1) is 0 Å². The lowest BCUT2D eigenvalue weighted by atomic mass is 9.96. The molecule has 1 aromatic rings. The van der Waals surface area contributed by atoms with Gasteiger partial charge in [-0.1, -0.05) is 31.2 Å². The van der Waals surface area contributed by atoms with E-state index in [1.807, 2.05) is 19.1 Å². The highest BCUT2D eigenvalue weighted by atomic mass is 16.4. The van der Waals surface area contributed by atoms with E-state index in [9.17, 15) is 19.8 Å². The number of carbonyl (C=O) groups excluding carboxylic acids is 2. The van der Waals surface area contributed by atoms with Gasteiger partial charge in [0.1, 0.15) is 0 Å². The van der Waals surface area contributed by atoms with Crippen molar-refractivity contribution >= 4 is 11.9 Å². The molecule has 1 aromatic carbocycles. The van der Waals surface area contributed by atoms with Crippen molar-refractivity contribution in [2.24, 2.45) is 0 Å². The Morgan fingerprint density at radius 1 is 1.06 bits per heavy atom. The normalized spacial score (nSPS) is 11.9. The van der Waals surface area contributed by atoms with E-state index in [-0.39, 0.29) is 17.6 Å². The lowest BCUT2D eigenvalue weighted by Gasteiger charge is -2.16. The molecule has 96 valence electrons. The van der Waals surface area contributed by atoms with Crippen LogP contribution in [0.1, 0.15) is 25.0 Å². The molecule has 0 N–H and O–H groups in total. The summed E-state index contributed by atoms with van der Waals surface area (Å²) < 4.78 is 0. The molecule has 0 heterocycles. The Morgan fingerprint density at radius 3 is 2.06 bits per heavy atom. The molecule has 0 aromatic heterocycles. The van der Waals surface area contributed by atoms with Crippen LogP contribution in [0.3, 0.4) is 0 Å². The number of hydrogen-bond donors (Lipinski definition) is 0. The second kappa shape index (κ2) is 6.00. The summed E-state index contributed by atoms with van der Waals surface area (Å²) in [4.78, 5) is 21.7. The smallest absolute Gasteiger partial charge is 0.0681 e. The summed E-state index contributed by atoms with van der Waals surface area (Å²) >= 11 is 0. The van der Waals surface area contributed by atoms with E-state index in [0.29, 0.717) is 0 Å². The second-order valence-electron chi connectivity index (χ2n) is 3.98. The van der Waals surface area contributed by atoms with E-state index < -0.39 is 11.9 Å². The van der Waals surface area contributed by atoms with E-state index in [0.717, 1.165) is 17.5 Å². The molecule has 1 rings (SSSR count). The number of rotatable bonds is 5. The van der Waals surface area contributed by atoms with Gasteiger partial charge in [0.15, 0.2) is 0 Å². The highest BCUT2D eigenvalue weighted by molar-refractivity contribution is 5.97. The molecule has 0 radical (unpaired) electrons. The zero-order valence-electron chi connectivity index (χ0n) is 10.4. The largest absolute Gasteiger partial charge is 0.545 e. The number of aryl methyl sites for hydroxylation is 1. The van der Waals surface area contributed by atoms with E-state index in [4.69, 9.17) is 0 Å². The number of hydrogen-bond acceptors (Lipinski definition) is 4. The molecule has 4 heteroatoms. The molecule has 0 atom stereocenters. The zero-order chi connectivity index (χ0) is 13.7. The molecule has 0 saturated carbocycles. The van der Waals surface area contributed by atoms with Gasteiger partial charge in [0, 0.05) is 0 Å². The first-order valence-electron chi connectivity index (χ1n) is 5.66. The molecule has 0 unspecified atom stereocenters. The van der Waals surface area contributed by atoms with E-state index in [1.54, 1.807) is 12.1 Å². The quantitative estimate of drug-likeness (QED) is 0.662. The minimum atomic E-state index is -1.48. The topological polar surface area (TPSA) is 80.3 Å². The highest BCUT2D eigenvalue weighted by Crippen LogP contribution is 2.16. The third-order valence-electron chi connectivity index (χ3n) is 2.87. The van der Waals surface area contributed by atoms with Crippen LogP contribution in [-0.4, -0.2) is 11.9 Å². The number of carboxylic acids is 2. The lowest BCUT2D eigenvalue weighted by molar-refractivity contribution is -0.304. The lowest BCUT2D eigenvalue weighted by Crippen LogP contribution is -2.31. The first-order valence-corrected chi connectivity index (χ1v) is 5.66. The van der Waals surface area contributed by atoms with Crippen molar-refractivity contribution in [3.05, 3.63) is 46.5 Å². The van der Waals surface area contributed by atoms with Crippen molar-refractivity contribution < 1.29 is 19.8 Å². The fourth-order valence-electron chi connectivity index (χ4n) is 1.75. The Labute approximate surface area is 106 Å². The third-order valence-corrected chi connectivity index (χ3v) is 2.87. The molecule has 0 amide bonds. The van der Waals surface area contributed by atoms with E-state index in [1.165, 1.54) is 6.92 Å². The molecule has 0 aliphatic rings. The van der Waals surface area contributed by atoms with Crippen LogP contribution >= 0.6 is 0 Å². The maximum absolute atomic E-state index is 11.0. The van der Waals surface area contributed by atoms with Crippen molar-refractivity contribution in [3.63, 3.8) is 0 Å². The minimum absolute atomic E-state index is 0.0339. The maximum Gasteiger partial charge on any atom is 0.0681 e. The van der Waals surface area contributed by atoms with E-state index in [2.05, 4.69) is 0 Å². The van der Waals surface area contributed by atoms with Crippen molar-refractivity contribution in [2.45, 2.75) is 26.7 Å². The van der Waals surface area contributed by atoms with Crippen LogP contribution in [0.4, 0.5) is 0 Å². The summed E-state index contributed by atoms with van der Waals surface area (Å²) in [7, 11) is 0. The molecule has 0 aliphatic carbocycles. The molecule has 0 fully saturated rings. The number of benzene rings is 1. The maximum atomic E-state index is 11.0. The van der Waals surface area contributed by atoms with Gasteiger partial charge < -0.3 is 19.8 Å². The van der Waals surface area contributed by atoms with Gasteiger partial charge in [-0.2, -0.15) is 0 Å². The number of carbonyl (C=O) groups is 2. The van der Waals surface area contributed by atoms with Gasteiger partial charge in [0.05, 0.1) is 11.9 Å². The van der Waals surface area contributed by atoms with Crippen LogP contribution in [0.15, 0.2) is 35.4 Å². The third kappa shape index (κ3) is 3.20. The summed E-state index contributed by atoms with van der Waals surface area (Å²) in [6, 6.07) is 7.31. The van der Waals surface area contributed by atoms with Gasteiger partial charge in [-0.25, -0.2) is 0 Å². The van der Waals surface area contributed by atoms with Gasteiger partial charge in [-0.3, -0.25) is 0 Å². The van der Waals surface area contributed by atoms with Gasteiger partial charge >= 0.3 is 0 Å². The summed E-state index contributed by atoms with van der Waals surface area (Å²) in [6.07, 6.45) is 0.785. The van der Waals surface area contributed by atoms with E-state index >= 15 is 0 Å². The van der Waals surface area contributed by atoms with Crippen molar-refractivity contribution in [1.82, 2.24) is 0 Å². The van der Waals surface area contributed by atoms with Crippen LogP contribution in [-0.2, 0) is 22.4 Å². The first kappa shape index (κ1) is 14.0. The van der Waals surface area contributed by atoms with Gasteiger partial charge in [-0.15, -0.1) is 0 Å². The highest BCUT2D eigenvalue weighted by Gasteiger charge is 2.09. The Bertz CT molecular complexity index is 500. The monoisotopic (exact) mass is 246 g/mol. The Hall–Kier alpha value is -2.10. The number of carboxylic acid groups (broad SMARTS) is 2. The summed E-state index contributed by atoms with van der Waals surface area (Å²) in [5, 5.41) is 21.7. The van der Waals surface area contributed by atoms with Crippen molar-refractivity contribution in [1.29, 1.82) is 0 Å². The van der Waals surface area contributed by atoms with Crippen LogP contribution in [0.5, 0.6) is 0 Å². The molecular formula is C14H14O4-2. The number of aliphatic carboxylic acids is 2. The standard InChI is InChI=1S/C14H16O4/c1-3-10-6-4-5-7-11(10)8-12(14(17)18)9(2)13(15)16/h4-7H,3,8H2,1-2H3,(H,15,16)(H,17,18)/p-2/b12-9-. The predicted octanol–water partition coefficient (Wildman–Crippen LogP) is -0.392. The summed E-state index contributed by atoms with van der Waals surface area (Å²) in [5.74, 6) is -2.95. The Kier molecular flexibility index (Phi) is 4.66. The molecule has 18 heavy (non-hydrogen) atoms. The molecular weight excluding hydrogens is 232 g/mol. The first-order chi connectivity index (χ1) is 8.47. The van der Waals surface area contributed by atoms with Crippen molar-refractivity contribution in [3.8, 4) is 0 Å². The summed E-state index contributed by atoms with van der Waals surface area (Å²) in [5.41, 5.74) is 1.25. The molecule has 0 bridgehead atoms. The van der Waals surface area contributed by atoms with Gasteiger partial charge in [0.25, 0.3) is 0 Å². The average molecular weight is 246 g/mol. The fraction of sp³-hybridized carbons (Fsp3) is 0.286. The Balaban J connectivity index is 3.17. The summed E-state index contributed by atoms with van der Waals surface area (Å²) in [6.45, 7) is 3.17. The average Bonchev–Trinajstić information content (AvgIpc) is 2.35. The van der Waals surface area contributed by atoms with Crippen molar-refractivity contribution in [2.75, 3.05) is 0 Å². The second-order valence-corrected chi connectivity index (χ2v) is 3.98. The minimum Gasteiger partial charge on any atom is -0.545 e. The fourth-order valence-corrected chi connectivity index (χ4v) is 1.75. The van der Waals surface area contributed by atoms with Crippen LogP contribution in [0.2, 0.25) is 0 Å². The molecule has 0 aliphatic heterocycles. The Morgan fingerprint density at radius 2 is 1.61 bits per heavy atom. The van der Waals surface area contributed by atoms with Crippen LogP contribution in [0.25, 0.3) is 0 Å². The molecule has 4 nitrogen and oxygen atoms in total. The zero-order valence-corrected chi connectivity index (χ0v) is 10.4. The predicted molar refractivity (Wildman–Crippen MR) is 62.2 cm³/mol.